The van der Waals surface area contributed by atoms with E-state index in [1.807, 2.05) is 6.07 Å². The number of fused-ring (bicyclic) bond motifs is 1. The van der Waals surface area contributed by atoms with Crippen LogP contribution in [0.1, 0.15) is 12.2 Å². The predicted octanol–water partition coefficient (Wildman–Crippen LogP) is 2.16. The number of nitrogen functional groups attached to an aromatic ring is 1. The molecule has 2 heterocycles. The Labute approximate surface area is 115 Å². The van der Waals surface area contributed by atoms with Gasteiger partial charge in [0, 0.05) is 25.0 Å². The van der Waals surface area contributed by atoms with Crippen molar-refractivity contribution in [3.8, 4) is 11.5 Å². The Morgan fingerprint density at radius 3 is 2.85 bits per heavy atom. The SMILES string of the molecule is Nc1cc2c(cc1NC(=O)CCc1ccco1)OCO2. The minimum atomic E-state index is -0.132. The van der Waals surface area contributed by atoms with Crippen molar-refractivity contribution in [3.63, 3.8) is 0 Å². The first kappa shape index (κ1) is 12.4. The number of hydrogen-bond acceptors (Lipinski definition) is 5. The van der Waals surface area contributed by atoms with E-state index in [1.165, 1.54) is 0 Å². The largest absolute Gasteiger partial charge is 0.469 e. The molecule has 0 aliphatic carbocycles. The molecular weight excluding hydrogens is 260 g/mol. The summed E-state index contributed by atoms with van der Waals surface area (Å²) >= 11 is 0. The first-order chi connectivity index (χ1) is 9.72. The highest BCUT2D eigenvalue weighted by atomic mass is 16.7. The minimum absolute atomic E-state index is 0.132. The smallest absolute Gasteiger partial charge is 0.231 e. The van der Waals surface area contributed by atoms with Gasteiger partial charge in [-0.15, -0.1) is 0 Å². The number of ether oxygens (including phenoxy) is 2. The molecule has 0 saturated heterocycles. The van der Waals surface area contributed by atoms with Crippen LogP contribution in [0.15, 0.2) is 34.9 Å². The highest BCUT2D eigenvalue weighted by Gasteiger charge is 2.17. The summed E-state index contributed by atoms with van der Waals surface area (Å²) in [6.45, 7) is 0.171. The van der Waals surface area contributed by atoms with E-state index in [4.69, 9.17) is 19.6 Å². The number of rotatable bonds is 4. The van der Waals surface area contributed by atoms with Gasteiger partial charge in [0.15, 0.2) is 11.5 Å². The summed E-state index contributed by atoms with van der Waals surface area (Å²) in [6.07, 6.45) is 2.45. The van der Waals surface area contributed by atoms with Crippen molar-refractivity contribution in [1.82, 2.24) is 0 Å². The third-order valence-electron chi connectivity index (χ3n) is 3.00. The standard InChI is InChI=1S/C14H14N2O4/c15-10-6-12-13(20-8-19-12)7-11(10)16-14(17)4-3-9-2-1-5-18-9/h1-2,5-7H,3-4,8,15H2,(H,16,17). The van der Waals surface area contributed by atoms with Gasteiger partial charge in [-0.25, -0.2) is 0 Å². The van der Waals surface area contributed by atoms with E-state index in [0.29, 0.717) is 35.7 Å². The molecule has 0 spiro atoms. The fourth-order valence-electron chi connectivity index (χ4n) is 1.97. The molecule has 0 unspecified atom stereocenters. The first-order valence-corrected chi connectivity index (χ1v) is 6.24. The Balaban J connectivity index is 1.64. The van der Waals surface area contributed by atoms with Gasteiger partial charge in [0.05, 0.1) is 17.6 Å². The number of hydrogen-bond donors (Lipinski definition) is 2. The van der Waals surface area contributed by atoms with Crippen molar-refractivity contribution in [2.45, 2.75) is 12.8 Å². The second-order valence-corrected chi connectivity index (χ2v) is 4.42. The molecule has 104 valence electrons. The summed E-state index contributed by atoms with van der Waals surface area (Å²) in [5, 5.41) is 2.76. The van der Waals surface area contributed by atoms with Crippen molar-refractivity contribution in [2.75, 3.05) is 17.8 Å². The van der Waals surface area contributed by atoms with E-state index in [0.717, 1.165) is 5.76 Å². The molecule has 1 amide bonds. The number of benzene rings is 1. The highest BCUT2D eigenvalue weighted by Crippen LogP contribution is 2.38. The van der Waals surface area contributed by atoms with Gasteiger partial charge in [-0.3, -0.25) is 4.79 Å². The first-order valence-electron chi connectivity index (χ1n) is 6.24. The molecule has 1 aromatic carbocycles. The third kappa shape index (κ3) is 2.54. The molecule has 0 atom stereocenters. The van der Waals surface area contributed by atoms with E-state index in [-0.39, 0.29) is 12.7 Å². The molecular formula is C14H14N2O4. The lowest BCUT2D eigenvalue weighted by atomic mass is 10.2. The van der Waals surface area contributed by atoms with Crippen molar-refractivity contribution in [2.24, 2.45) is 0 Å². The summed E-state index contributed by atoms with van der Waals surface area (Å²) in [4.78, 5) is 11.9. The van der Waals surface area contributed by atoms with Crippen LogP contribution in [0.3, 0.4) is 0 Å². The maximum Gasteiger partial charge on any atom is 0.231 e. The van der Waals surface area contributed by atoms with Gasteiger partial charge in [0.2, 0.25) is 12.7 Å². The topological polar surface area (TPSA) is 86.7 Å². The number of furan rings is 1. The zero-order valence-corrected chi connectivity index (χ0v) is 10.7. The molecule has 0 fully saturated rings. The normalized spacial score (nSPS) is 12.4. The van der Waals surface area contributed by atoms with Gasteiger partial charge in [0.25, 0.3) is 0 Å². The van der Waals surface area contributed by atoms with Gasteiger partial charge in [-0.05, 0) is 12.1 Å². The van der Waals surface area contributed by atoms with Gasteiger partial charge in [-0.2, -0.15) is 0 Å². The van der Waals surface area contributed by atoms with Crippen LogP contribution in [0.4, 0.5) is 11.4 Å². The maximum atomic E-state index is 11.9. The molecule has 1 aliphatic rings. The number of carbonyl (C=O) groups is 1. The van der Waals surface area contributed by atoms with Crippen LogP contribution in [-0.2, 0) is 11.2 Å². The number of amides is 1. The van der Waals surface area contributed by atoms with Crippen molar-refractivity contribution < 1.29 is 18.7 Å². The Bertz CT molecular complexity index is 622. The van der Waals surface area contributed by atoms with Gasteiger partial charge in [0.1, 0.15) is 5.76 Å². The lowest BCUT2D eigenvalue weighted by Crippen LogP contribution is -2.13. The third-order valence-corrected chi connectivity index (χ3v) is 3.00. The van der Waals surface area contributed by atoms with E-state index >= 15 is 0 Å². The summed E-state index contributed by atoms with van der Waals surface area (Å²) in [5.74, 6) is 1.82. The molecule has 3 N–H and O–H groups in total. The van der Waals surface area contributed by atoms with E-state index in [1.54, 1.807) is 24.5 Å². The molecule has 0 bridgehead atoms. The van der Waals surface area contributed by atoms with Crippen LogP contribution >= 0.6 is 0 Å². The number of nitrogens with one attached hydrogen (secondary N) is 1. The van der Waals surface area contributed by atoms with Gasteiger partial charge in [-0.1, -0.05) is 0 Å². The van der Waals surface area contributed by atoms with Crippen LogP contribution in [0, 0.1) is 0 Å². The Hall–Kier alpha value is -2.63. The van der Waals surface area contributed by atoms with E-state index < -0.39 is 0 Å². The quantitative estimate of drug-likeness (QED) is 0.834. The fourth-order valence-corrected chi connectivity index (χ4v) is 1.97. The van der Waals surface area contributed by atoms with Gasteiger partial charge >= 0.3 is 0 Å². The van der Waals surface area contributed by atoms with Gasteiger partial charge < -0.3 is 24.9 Å². The fraction of sp³-hybridized carbons (Fsp3) is 0.214. The average Bonchev–Trinajstić information content (AvgIpc) is 3.07. The molecule has 20 heavy (non-hydrogen) atoms. The zero-order valence-electron chi connectivity index (χ0n) is 10.7. The summed E-state index contributed by atoms with van der Waals surface area (Å²) in [5.41, 5.74) is 6.84. The molecule has 0 saturated carbocycles. The van der Waals surface area contributed by atoms with E-state index in [2.05, 4.69) is 5.32 Å². The molecule has 1 aliphatic heterocycles. The monoisotopic (exact) mass is 274 g/mol. The molecule has 3 rings (SSSR count). The zero-order chi connectivity index (χ0) is 13.9. The number of carbonyl (C=O) groups excluding carboxylic acids is 1. The molecule has 1 aromatic heterocycles. The minimum Gasteiger partial charge on any atom is -0.469 e. The molecule has 0 radical (unpaired) electrons. The lowest BCUT2D eigenvalue weighted by molar-refractivity contribution is -0.116. The number of nitrogens with two attached hydrogens (primary N) is 1. The second kappa shape index (κ2) is 5.16. The number of anilines is 2. The molecule has 6 nitrogen and oxygen atoms in total. The summed E-state index contributed by atoms with van der Waals surface area (Å²) in [7, 11) is 0. The Morgan fingerprint density at radius 1 is 1.30 bits per heavy atom. The highest BCUT2D eigenvalue weighted by molar-refractivity contribution is 5.94. The second-order valence-electron chi connectivity index (χ2n) is 4.42. The summed E-state index contributed by atoms with van der Waals surface area (Å²) < 4.78 is 15.6. The maximum absolute atomic E-state index is 11.9. The van der Waals surface area contributed by atoms with Crippen LogP contribution in [0.5, 0.6) is 11.5 Å². The number of aryl methyl sites for hydroxylation is 1. The van der Waals surface area contributed by atoms with Crippen LogP contribution in [0.2, 0.25) is 0 Å². The predicted molar refractivity (Wildman–Crippen MR) is 72.6 cm³/mol. The Kier molecular flexibility index (Phi) is 3.20. The van der Waals surface area contributed by atoms with Crippen LogP contribution < -0.4 is 20.5 Å². The van der Waals surface area contributed by atoms with E-state index in [9.17, 15) is 4.79 Å². The van der Waals surface area contributed by atoms with Crippen LogP contribution in [-0.4, -0.2) is 12.7 Å². The summed E-state index contributed by atoms with van der Waals surface area (Å²) in [6, 6.07) is 6.94. The molecule has 6 heteroatoms. The average molecular weight is 274 g/mol. The lowest BCUT2D eigenvalue weighted by Gasteiger charge is -2.09. The van der Waals surface area contributed by atoms with Crippen molar-refractivity contribution >= 4 is 17.3 Å². The Morgan fingerprint density at radius 2 is 2.10 bits per heavy atom. The van der Waals surface area contributed by atoms with Crippen molar-refractivity contribution in [3.05, 3.63) is 36.3 Å². The molecule has 2 aromatic rings. The van der Waals surface area contributed by atoms with Crippen molar-refractivity contribution in [1.29, 1.82) is 0 Å². The van der Waals surface area contributed by atoms with Crippen LogP contribution in [0.25, 0.3) is 0 Å².